The molecule has 738 valence electrons. The minimum Gasteiger partial charge on any atom is -0.508 e. The minimum atomic E-state index is -2.03. The number of phenols is 2. The molecule has 5 atom stereocenters. The molecule has 0 bridgehead atoms. The number of esters is 4. The van der Waals surface area contributed by atoms with Gasteiger partial charge in [-0.1, -0.05) is 48.5 Å². The minimum absolute atomic E-state index is 0.0777. The van der Waals surface area contributed by atoms with Crippen LogP contribution in [0.4, 0.5) is 9.59 Å². The van der Waals surface area contributed by atoms with Gasteiger partial charge < -0.3 is 115 Å². The van der Waals surface area contributed by atoms with Gasteiger partial charge in [0, 0.05) is 72.3 Å². The maximum Gasteiger partial charge on any atom is 0.407 e. The molecule has 0 fully saturated rings. The van der Waals surface area contributed by atoms with E-state index < -0.39 is 145 Å². The van der Waals surface area contributed by atoms with Crippen molar-refractivity contribution in [2.24, 2.45) is 0 Å². The number of carbonyl (C=O) groups excluding carboxylic acids is 15. The lowest BCUT2D eigenvalue weighted by Gasteiger charge is -2.35. The van der Waals surface area contributed by atoms with Gasteiger partial charge in [-0.15, -0.1) is 0 Å². The molecule has 136 heavy (non-hydrogen) atoms. The van der Waals surface area contributed by atoms with Gasteiger partial charge in [0.1, 0.15) is 95.7 Å². The van der Waals surface area contributed by atoms with Crippen molar-refractivity contribution in [1.82, 2.24) is 67.0 Å². The van der Waals surface area contributed by atoms with Crippen molar-refractivity contribution in [3.8, 4) is 34.3 Å². The number of aromatic hydroxyl groups is 2. The molecule has 2 aromatic carbocycles. The van der Waals surface area contributed by atoms with Crippen LogP contribution < -0.4 is 59.0 Å². The average molecular weight is 1900 g/mol. The number of phenolic OH excluding ortho intramolecular Hbond substituents is 2. The summed E-state index contributed by atoms with van der Waals surface area (Å²) in [5.74, 6) is -7.71. The molecule has 3 unspecified atom stereocenters. The highest BCUT2D eigenvalue weighted by molar-refractivity contribution is 5.95. The number of cyclic esters (lactones) is 2. The van der Waals surface area contributed by atoms with Crippen LogP contribution in [0.15, 0.2) is 58.1 Å². The predicted molar refractivity (Wildman–Crippen MR) is 487 cm³/mol. The van der Waals surface area contributed by atoms with Crippen LogP contribution in [0.25, 0.3) is 44.6 Å². The smallest absolute Gasteiger partial charge is 0.407 e. The lowest BCUT2D eigenvalue weighted by atomic mass is 9.85. The monoisotopic (exact) mass is 1900 g/mol. The van der Waals surface area contributed by atoms with Crippen LogP contribution in [0.1, 0.15) is 203 Å². The predicted octanol–water partition coefficient (Wildman–Crippen LogP) is 4.54. The first-order valence-corrected chi connectivity index (χ1v) is 46.0. The number of ketones is 2. The Kier molecular flexibility index (Phi) is 40.6. The van der Waals surface area contributed by atoms with Crippen LogP contribution in [-0.4, -0.2) is 242 Å². The number of rotatable bonds is 53. The number of fused-ring (bicyclic) bond motifs is 10. The fraction of sp³-hybridized carbons (Fsp3) is 0.543. The van der Waals surface area contributed by atoms with Crippen LogP contribution >= 0.6 is 0 Å². The molecule has 6 aromatic rings. The Labute approximate surface area is 784 Å². The number of nitrogens with one attached hydrogen (secondary N) is 9. The SMILES string of the molecule is CCCNC(=O)C(CCCCNC(=O)COCC(=O)O[C@]1(CC)C(=O)OCc2c1cc1n(c2=O)Cc2c-1nc1ccc(O)cc1c2CC)NC(=O)COCC(=O)O[C@]1(CC)C(=O)OCc2c1cc1n(c2=O)Cc2c-1nc1ccc(O)cc1c2CC.CCCOC(=O)NCCCCC(NC(=O)OCCC)C(=O)NCCCNC(=O)C(CCCCNC(=O)COCC(C)=O)NC(=O)COCC(C)=O. The van der Waals surface area contributed by atoms with Crippen molar-refractivity contribution in [3.63, 3.8) is 0 Å². The van der Waals surface area contributed by atoms with Gasteiger partial charge in [-0.3, -0.25) is 52.7 Å². The number of pyridine rings is 4. The van der Waals surface area contributed by atoms with E-state index in [1.54, 1.807) is 59.4 Å². The fourth-order valence-electron chi connectivity index (χ4n) is 16.1. The molecule has 0 saturated carbocycles. The molecule has 4 aliphatic rings. The number of Topliss-reactive ketones (excluding diaryl/α,β-unsaturated/α-hetero) is 2. The first-order chi connectivity index (χ1) is 65.3. The number of alkyl carbamates (subject to hydrolysis) is 2. The van der Waals surface area contributed by atoms with E-state index >= 15 is 0 Å². The Balaban J connectivity index is 0.000000350. The second-order valence-electron chi connectivity index (χ2n) is 33.0. The zero-order chi connectivity index (χ0) is 98.8. The number of benzene rings is 2. The Morgan fingerprint density at radius 1 is 0.419 bits per heavy atom. The summed E-state index contributed by atoms with van der Waals surface area (Å²) >= 11 is 0. The van der Waals surface area contributed by atoms with E-state index in [1.807, 2.05) is 34.6 Å². The summed E-state index contributed by atoms with van der Waals surface area (Å²) in [4.78, 5) is 227. The van der Waals surface area contributed by atoms with Crippen molar-refractivity contribution >= 4 is 111 Å². The van der Waals surface area contributed by atoms with E-state index in [0.717, 1.165) is 33.0 Å². The average Bonchev–Trinajstić information content (AvgIpc) is 1.53. The number of unbranched alkanes of at least 4 members (excludes halogenated alkanes) is 3. The van der Waals surface area contributed by atoms with Gasteiger partial charge in [0.25, 0.3) is 11.1 Å². The van der Waals surface area contributed by atoms with Gasteiger partial charge in [0.2, 0.25) is 52.6 Å². The topological polar surface area (TPSA) is 567 Å². The number of hydrogen-bond acceptors (Lipinski definition) is 31. The first-order valence-electron chi connectivity index (χ1n) is 46.0. The fourth-order valence-corrected chi connectivity index (χ4v) is 16.1. The summed E-state index contributed by atoms with van der Waals surface area (Å²) in [6.07, 6.45) is 5.46. The lowest BCUT2D eigenvalue weighted by Crippen LogP contribution is -2.49. The molecule has 9 amide bonds. The zero-order valence-corrected chi connectivity index (χ0v) is 78.2. The highest BCUT2D eigenvalue weighted by atomic mass is 16.6. The summed E-state index contributed by atoms with van der Waals surface area (Å²) in [5.41, 5.74) is 2.25. The molecular weight excluding hydrogens is 1780 g/mol. The van der Waals surface area contributed by atoms with Gasteiger partial charge in [0.15, 0.2) is 11.6 Å². The normalized spacial score (nSPS) is 15.2. The molecule has 4 aromatic heterocycles. The van der Waals surface area contributed by atoms with E-state index in [9.17, 15) is 91.7 Å². The Hall–Kier alpha value is -13.3. The number of aryl methyl sites for hydroxylation is 2. The van der Waals surface area contributed by atoms with E-state index in [0.29, 0.717) is 144 Å². The van der Waals surface area contributed by atoms with Gasteiger partial charge in [-0.25, -0.2) is 38.7 Å². The highest BCUT2D eigenvalue weighted by Gasteiger charge is 2.53. The third-order valence-corrected chi connectivity index (χ3v) is 22.7. The van der Waals surface area contributed by atoms with Crippen LogP contribution in [0.2, 0.25) is 0 Å². The summed E-state index contributed by atoms with van der Waals surface area (Å²) in [7, 11) is 0. The number of nitrogens with zero attached hydrogens (tertiary/aromatic N) is 4. The number of carbonyl (C=O) groups is 15. The van der Waals surface area contributed by atoms with E-state index in [2.05, 4.69) is 47.9 Å². The maximum atomic E-state index is 14.1. The second kappa shape index (κ2) is 51.9. The van der Waals surface area contributed by atoms with Gasteiger partial charge in [-0.2, -0.15) is 0 Å². The molecule has 4 aliphatic heterocycles. The Bertz CT molecular complexity index is 5520. The van der Waals surface area contributed by atoms with E-state index in [1.165, 1.54) is 26.0 Å². The lowest BCUT2D eigenvalue weighted by molar-refractivity contribution is -0.192. The first kappa shape index (κ1) is 106. The van der Waals surface area contributed by atoms with Crippen LogP contribution in [0.3, 0.4) is 0 Å². The summed E-state index contributed by atoms with van der Waals surface area (Å²) in [6, 6.07) is 10.2. The molecule has 0 aliphatic carbocycles. The third kappa shape index (κ3) is 28.4. The van der Waals surface area contributed by atoms with Crippen molar-refractivity contribution in [3.05, 3.63) is 114 Å². The molecular formula is C94H123N13O29. The summed E-state index contributed by atoms with van der Waals surface area (Å²) in [6.45, 7) is 13.3. The second-order valence-corrected chi connectivity index (χ2v) is 33.0. The van der Waals surface area contributed by atoms with E-state index in [-0.39, 0.29) is 149 Å². The van der Waals surface area contributed by atoms with Crippen molar-refractivity contribution in [1.29, 1.82) is 0 Å². The molecule has 11 N–H and O–H groups in total. The molecule has 0 spiro atoms. The van der Waals surface area contributed by atoms with Gasteiger partial charge >= 0.3 is 36.1 Å². The highest BCUT2D eigenvalue weighted by Crippen LogP contribution is 2.45. The van der Waals surface area contributed by atoms with Gasteiger partial charge in [0.05, 0.1) is 71.2 Å². The Morgan fingerprint density at radius 3 is 1.18 bits per heavy atom. The van der Waals surface area contributed by atoms with Crippen molar-refractivity contribution < 1.29 is 129 Å². The quantitative estimate of drug-likeness (QED) is 0.0141. The molecule has 10 rings (SSSR count). The van der Waals surface area contributed by atoms with Crippen molar-refractivity contribution in [2.75, 3.05) is 105 Å². The van der Waals surface area contributed by atoms with Crippen LogP contribution in [0.5, 0.6) is 11.5 Å². The molecule has 8 heterocycles. The standard InChI is InChI=1S/C61H65N7O17.C33H58N6O12/c1-6-18-63-55(75)46(64-50(72)29-81-31-52(74)85-61(10-5)43-23-48-54-39(25-68(48)57(77)41(43)27-83-59(61)79)35(8-3)37-21-33(70)15-17-45(37)66-54)13-11-12-19-62-49(71)28-80-30-51(73)84-60(9-4)42-22-47-53-38(24-67(47)56(76)40(42)26-82-58(60)78)34(7-2)36-20-32(69)14-16-44(36)65-53;1-5-18-50-32(46)37-15-10-8-13-27(39-33(47)51-19-6-2)31(45)36-17-11-16-35-30(44)26(38-29(43)23-49-21-25(4)41)12-7-9-14-34-28(42)22-48-20-24(3)40/h14-17,20-23,46,69-70H,6-13,18-19,24-31H2,1-5H3,(H,62,71)(H,63,75)(H,64,72);26-27H,5-23H2,1-4H3,(H,34,42)(H,35,44)(H,36,45)(H,37,46)(H,38,43)(H,39,47)/t46?,60-,61-;/m0./s1. The largest absolute Gasteiger partial charge is 0.508 e. The molecule has 0 radical (unpaired) electrons. The molecule has 42 heteroatoms. The summed E-state index contributed by atoms with van der Waals surface area (Å²) < 4.78 is 56.5. The number of amides is 9. The van der Waals surface area contributed by atoms with E-state index in [4.69, 9.17) is 57.3 Å². The van der Waals surface area contributed by atoms with Gasteiger partial charge in [-0.05, 0) is 183 Å². The maximum absolute atomic E-state index is 14.1. The van der Waals surface area contributed by atoms with Crippen LogP contribution in [0, 0.1) is 0 Å². The number of hydrogen-bond donors (Lipinski definition) is 11. The Morgan fingerprint density at radius 2 is 0.794 bits per heavy atom. The zero-order valence-electron chi connectivity index (χ0n) is 78.2. The third-order valence-electron chi connectivity index (χ3n) is 22.7. The molecule has 42 nitrogen and oxygen atoms in total. The number of ether oxygens (including phenoxy) is 10. The summed E-state index contributed by atoms with van der Waals surface area (Å²) in [5, 5.41) is 46.0. The van der Waals surface area contributed by atoms with Crippen molar-refractivity contribution in [2.45, 2.75) is 227 Å². The van der Waals surface area contributed by atoms with Crippen LogP contribution in [-0.2, 0) is 160 Å². The molecule has 0 saturated heterocycles. The number of aromatic nitrogens is 4.